The number of hydrogen-bond donors (Lipinski definition) is 1. The molecule has 1 aromatic carbocycles. The van der Waals surface area contributed by atoms with Gasteiger partial charge in [-0.2, -0.15) is 0 Å². The van der Waals surface area contributed by atoms with Crippen molar-refractivity contribution < 1.29 is 9.90 Å². The van der Waals surface area contributed by atoms with Gasteiger partial charge in [-0.3, -0.25) is 4.90 Å². The van der Waals surface area contributed by atoms with Crippen LogP contribution in [0.15, 0.2) is 36.5 Å². The molecule has 1 amide bonds. The minimum atomic E-state index is -0.825. The lowest BCUT2D eigenvalue weighted by Gasteiger charge is -2.47. The molecule has 0 aromatic heterocycles. The summed E-state index contributed by atoms with van der Waals surface area (Å²) < 4.78 is 0. The Morgan fingerprint density at radius 1 is 1.32 bits per heavy atom. The molecule has 1 saturated carbocycles. The number of hydrogen-bond acceptors (Lipinski definition) is 2. The van der Waals surface area contributed by atoms with E-state index in [4.69, 9.17) is 0 Å². The number of nitrogens with zero attached hydrogens (tertiary/aromatic N) is 2. The fourth-order valence-electron chi connectivity index (χ4n) is 3.23. The van der Waals surface area contributed by atoms with Gasteiger partial charge in [0.2, 0.25) is 0 Å². The van der Waals surface area contributed by atoms with Crippen molar-refractivity contribution in [1.29, 1.82) is 0 Å². The van der Waals surface area contributed by atoms with Gasteiger partial charge in [-0.15, -0.1) is 0 Å². The molecule has 1 N–H and O–H groups in total. The second-order valence-electron chi connectivity index (χ2n) is 5.64. The first-order valence-corrected chi connectivity index (χ1v) is 6.78. The number of fused-ring (bicyclic) bond motifs is 2. The number of carboxylic acid groups (broad SMARTS) is 1. The lowest BCUT2D eigenvalue weighted by Crippen LogP contribution is -2.58. The molecular formula is C15H16N2O2. The van der Waals surface area contributed by atoms with Gasteiger partial charge in [0.15, 0.2) is 0 Å². The van der Waals surface area contributed by atoms with Crippen molar-refractivity contribution >= 4 is 11.8 Å². The first-order valence-electron chi connectivity index (χ1n) is 6.78. The van der Waals surface area contributed by atoms with Gasteiger partial charge in [0.1, 0.15) is 6.17 Å². The number of rotatable bonds is 1. The fourth-order valence-corrected chi connectivity index (χ4v) is 3.23. The van der Waals surface area contributed by atoms with Crippen LogP contribution in [0.5, 0.6) is 0 Å². The number of likely N-dealkylation sites (tertiary alicyclic amines) is 1. The van der Waals surface area contributed by atoms with Crippen LogP contribution < -0.4 is 4.90 Å². The lowest BCUT2D eigenvalue weighted by molar-refractivity contribution is 0.0774. The van der Waals surface area contributed by atoms with E-state index >= 15 is 0 Å². The summed E-state index contributed by atoms with van der Waals surface area (Å²) in [6.07, 6.45) is 6.81. The number of carbonyl (C=O) groups is 1. The van der Waals surface area contributed by atoms with Gasteiger partial charge in [0.25, 0.3) is 0 Å². The first kappa shape index (κ1) is 10.9. The van der Waals surface area contributed by atoms with Crippen molar-refractivity contribution in [2.75, 3.05) is 11.4 Å². The molecule has 4 rings (SSSR count). The Kier molecular flexibility index (Phi) is 2.03. The van der Waals surface area contributed by atoms with E-state index in [1.807, 2.05) is 6.07 Å². The van der Waals surface area contributed by atoms with E-state index in [0.717, 1.165) is 6.42 Å². The van der Waals surface area contributed by atoms with Gasteiger partial charge in [-0.25, -0.2) is 4.79 Å². The summed E-state index contributed by atoms with van der Waals surface area (Å²) in [7, 11) is 0. The van der Waals surface area contributed by atoms with Crippen LogP contribution in [0.1, 0.15) is 24.8 Å². The molecule has 0 bridgehead atoms. The molecule has 1 saturated heterocycles. The second-order valence-corrected chi connectivity index (χ2v) is 5.64. The number of anilines is 1. The average molecular weight is 256 g/mol. The highest BCUT2D eigenvalue weighted by Gasteiger charge is 2.48. The molecule has 4 nitrogen and oxygen atoms in total. The number of para-hydroxylation sites is 1. The minimum Gasteiger partial charge on any atom is -0.465 e. The van der Waals surface area contributed by atoms with Crippen molar-refractivity contribution in [3.05, 3.63) is 42.1 Å². The maximum Gasteiger partial charge on any atom is 0.408 e. The zero-order valence-corrected chi connectivity index (χ0v) is 10.6. The van der Waals surface area contributed by atoms with E-state index in [1.54, 1.807) is 0 Å². The molecule has 1 unspecified atom stereocenters. The Morgan fingerprint density at radius 3 is 2.74 bits per heavy atom. The molecule has 3 aliphatic rings. The Labute approximate surface area is 111 Å². The SMILES string of the molecule is O=C(O)N1CCC1N1C=CC2(CC2)c2ccccc21. The van der Waals surface area contributed by atoms with Crippen LogP contribution in [0.2, 0.25) is 0 Å². The third-order valence-corrected chi connectivity index (χ3v) is 4.62. The Hall–Kier alpha value is -1.97. The van der Waals surface area contributed by atoms with E-state index in [-0.39, 0.29) is 11.6 Å². The summed E-state index contributed by atoms with van der Waals surface area (Å²) in [5.74, 6) is 0. The van der Waals surface area contributed by atoms with Gasteiger partial charge in [0, 0.05) is 30.3 Å². The van der Waals surface area contributed by atoms with Crippen molar-refractivity contribution in [2.45, 2.75) is 30.8 Å². The topological polar surface area (TPSA) is 43.8 Å². The quantitative estimate of drug-likeness (QED) is 0.840. The van der Waals surface area contributed by atoms with Gasteiger partial charge in [-0.1, -0.05) is 24.3 Å². The number of allylic oxidation sites excluding steroid dienone is 1. The van der Waals surface area contributed by atoms with E-state index in [0.29, 0.717) is 6.54 Å². The molecule has 2 heterocycles. The maximum absolute atomic E-state index is 11.2. The Morgan fingerprint density at radius 2 is 2.11 bits per heavy atom. The molecule has 1 atom stereocenters. The molecule has 1 aromatic rings. The van der Waals surface area contributed by atoms with Crippen LogP contribution in [0.4, 0.5) is 10.5 Å². The zero-order chi connectivity index (χ0) is 13.0. The van der Waals surface area contributed by atoms with E-state index in [1.165, 1.54) is 29.0 Å². The van der Waals surface area contributed by atoms with Crippen molar-refractivity contribution in [2.24, 2.45) is 0 Å². The van der Waals surface area contributed by atoms with Crippen LogP contribution >= 0.6 is 0 Å². The molecule has 19 heavy (non-hydrogen) atoms. The summed E-state index contributed by atoms with van der Waals surface area (Å²) >= 11 is 0. The Balaban J connectivity index is 1.73. The van der Waals surface area contributed by atoms with Crippen LogP contribution in [0.3, 0.4) is 0 Å². The average Bonchev–Trinajstić information content (AvgIpc) is 3.12. The predicted octanol–water partition coefficient (Wildman–Crippen LogP) is 2.76. The van der Waals surface area contributed by atoms with Crippen molar-refractivity contribution in [3.63, 3.8) is 0 Å². The Bertz CT molecular complexity index is 577. The molecule has 1 aliphatic carbocycles. The van der Waals surface area contributed by atoms with Crippen LogP contribution in [0, 0.1) is 0 Å². The summed E-state index contributed by atoms with van der Waals surface area (Å²) in [5.41, 5.74) is 2.78. The van der Waals surface area contributed by atoms with Gasteiger partial charge in [0.05, 0.1) is 0 Å². The minimum absolute atomic E-state index is 0.0361. The summed E-state index contributed by atoms with van der Waals surface area (Å²) in [6, 6.07) is 8.40. The third kappa shape index (κ3) is 1.43. The van der Waals surface area contributed by atoms with Crippen LogP contribution in [0.25, 0.3) is 0 Å². The molecule has 4 heteroatoms. The molecule has 0 radical (unpaired) electrons. The van der Waals surface area contributed by atoms with Crippen molar-refractivity contribution in [1.82, 2.24) is 4.90 Å². The largest absolute Gasteiger partial charge is 0.465 e. The smallest absolute Gasteiger partial charge is 0.408 e. The predicted molar refractivity (Wildman–Crippen MR) is 72.1 cm³/mol. The summed E-state index contributed by atoms with van der Waals surface area (Å²) in [4.78, 5) is 14.8. The van der Waals surface area contributed by atoms with Crippen molar-refractivity contribution in [3.8, 4) is 0 Å². The van der Waals surface area contributed by atoms with Gasteiger partial charge in [-0.05, 0) is 24.5 Å². The van der Waals surface area contributed by atoms with Gasteiger partial charge >= 0.3 is 6.09 Å². The monoisotopic (exact) mass is 256 g/mol. The highest BCUT2D eigenvalue weighted by atomic mass is 16.4. The summed E-state index contributed by atoms with van der Waals surface area (Å²) in [5, 5.41) is 9.17. The maximum atomic E-state index is 11.2. The van der Waals surface area contributed by atoms with E-state index in [9.17, 15) is 9.90 Å². The highest BCUT2D eigenvalue weighted by molar-refractivity contribution is 5.70. The summed E-state index contributed by atoms with van der Waals surface area (Å²) in [6.45, 7) is 0.637. The normalized spacial score (nSPS) is 26.0. The molecule has 2 fully saturated rings. The lowest BCUT2D eigenvalue weighted by atomic mass is 9.90. The molecule has 2 aliphatic heterocycles. The fraction of sp³-hybridized carbons (Fsp3) is 0.400. The molecule has 98 valence electrons. The van der Waals surface area contributed by atoms with E-state index < -0.39 is 6.09 Å². The van der Waals surface area contributed by atoms with Crippen LogP contribution in [-0.4, -0.2) is 28.8 Å². The molecule has 1 spiro atoms. The number of benzene rings is 1. The second kappa shape index (κ2) is 3.53. The number of amides is 1. The van der Waals surface area contributed by atoms with Gasteiger partial charge < -0.3 is 10.0 Å². The molecular weight excluding hydrogens is 240 g/mol. The highest BCUT2D eigenvalue weighted by Crippen LogP contribution is 2.55. The standard InChI is InChI=1S/C15H16N2O2/c18-14(19)17-9-5-13(17)16-10-8-15(6-7-15)11-3-1-2-4-12(11)16/h1-4,8,10,13H,5-7,9H2,(H,18,19). The third-order valence-electron chi connectivity index (χ3n) is 4.62. The van der Waals surface area contributed by atoms with Crippen LogP contribution in [-0.2, 0) is 5.41 Å². The zero-order valence-electron chi connectivity index (χ0n) is 10.6. The first-order chi connectivity index (χ1) is 9.21. The van der Waals surface area contributed by atoms with E-state index in [2.05, 4.69) is 35.4 Å².